The molecule has 0 unspecified atom stereocenters. The van der Waals surface area contributed by atoms with Crippen molar-refractivity contribution in [1.29, 1.82) is 0 Å². The second-order valence-electron chi connectivity index (χ2n) is 3.53. The minimum atomic E-state index is -0.509. The monoisotopic (exact) mass is 183 g/mol. The van der Waals surface area contributed by atoms with Crippen LogP contribution < -0.4 is 5.73 Å². The van der Waals surface area contributed by atoms with Gasteiger partial charge in [-0.3, -0.25) is 0 Å². The van der Waals surface area contributed by atoms with Crippen LogP contribution in [0.15, 0.2) is 12.1 Å². The van der Waals surface area contributed by atoms with E-state index in [0.29, 0.717) is 18.4 Å². The SMILES string of the molecule is N[C@@H]1CCc2c(F)cc(F)cc2C1. The van der Waals surface area contributed by atoms with Gasteiger partial charge >= 0.3 is 0 Å². The van der Waals surface area contributed by atoms with Gasteiger partial charge < -0.3 is 5.73 Å². The van der Waals surface area contributed by atoms with Gasteiger partial charge in [0, 0.05) is 12.1 Å². The maximum Gasteiger partial charge on any atom is 0.129 e. The minimum Gasteiger partial charge on any atom is -0.327 e. The van der Waals surface area contributed by atoms with E-state index in [9.17, 15) is 8.78 Å². The summed E-state index contributed by atoms with van der Waals surface area (Å²) in [6, 6.07) is 2.38. The Balaban J connectivity index is 2.47. The van der Waals surface area contributed by atoms with E-state index < -0.39 is 11.6 Å². The van der Waals surface area contributed by atoms with Gasteiger partial charge in [-0.25, -0.2) is 8.78 Å². The van der Waals surface area contributed by atoms with Gasteiger partial charge in [-0.2, -0.15) is 0 Å². The first kappa shape index (κ1) is 8.63. The molecule has 13 heavy (non-hydrogen) atoms. The number of fused-ring (bicyclic) bond motifs is 1. The molecule has 0 saturated carbocycles. The van der Waals surface area contributed by atoms with Crippen LogP contribution in [0.5, 0.6) is 0 Å². The molecule has 70 valence electrons. The summed E-state index contributed by atoms with van der Waals surface area (Å²) < 4.78 is 26.0. The zero-order valence-electron chi connectivity index (χ0n) is 7.19. The van der Waals surface area contributed by atoms with Crippen molar-refractivity contribution < 1.29 is 8.78 Å². The number of hydrogen-bond acceptors (Lipinski definition) is 1. The molecule has 1 aromatic rings. The van der Waals surface area contributed by atoms with Gasteiger partial charge in [0.15, 0.2) is 0 Å². The summed E-state index contributed by atoms with van der Waals surface area (Å²) in [6.07, 6.45) is 2.00. The lowest BCUT2D eigenvalue weighted by Gasteiger charge is -2.21. The fourth-order valence-electron chi connectivity index (χ4n) is 1.83. The molecule has 2 rings (SSSR count). The third-order valence-electron chi connectivity index (χ3n) is 2.50. The predicted octanol–water partition coefficient (Wildman–Crippen LogP) is 1.78. The van der Waals surface area contributed by atoms with E-state index >= 15 is 0 Å². The lowest BCUT2D eigenvalue weighted by Crippen LogP contribution is -2.28. The number of hydrogen-bond donors (Lipinski definition) is 1. The Morgan fingerprint density at radius 1 is 1.31 bits per heavy atom. The quantitative estimate of drug-likeness (QED) is 0.652. The molecule has 1 nitrogen and oxygen atoms in total. The van der Waals surface area contributed by atoms with Crippen LogP contribution in [0.4, 0.5) is 8.78 Å². The first-order chi connectivity index (χ1) is 6.16. The molecule has 1 aromatic carbocycles. The normalized spacial score (nSPS) is 21.3. The molecule has 1 aliphatic rings. The van der Waals surface area contributed by atoms with Crippen LogP contribution in [0.2, 0.25) is 0 Å². The van der Waals surface area contributed by atoms with E-state index in [1.807, 2.05) is 0 Å². The second-order valence-corrected chi connectivity index (χ2v) is 3.53. The van der Waals surface area contributed by atoms with Crippen molar-refractivity contribution in [1.82, 2.24) is 0 Å². The van der Waals surface area contributed by atoms with Gasteiger partial charge in [0.05, 0.1) is 0 Å². The second kappa shape index (κ2) is 3.07. The van der Waals surface area contributed by atoms with Crippen molar-refractivity contribution in [3.05, 3.63) is 34.9 Å². The van der Waals surface area contributed by atoms with Crippen molar-refractivity contribution in [2.75, 3.05) is 0 Å². The van der Waals surface area contributed by atoms with Gasteiger partial charge in [-0.1, -0.05) is 0 Å². The molecule has 1 atom stereocenters. The molecule has 0 aromatic heterocycles. The minimum absolute atomic E-state index is 0.0497. The highest BCUT2D eigenvalue weighted by atomic mass is 19.1. The largest absolute Gasteiger partial charge is 0.327 e. The van der Waals surface area contributed by atoms with Crippen molar-refractivity contribution >= 4 is 0 Å². The molecular formula is C10H11F2N. The molecular weight excluding hydrogens is 172 g/mol. The smallest absolute Gasteiger partial charge is 0.129 e. The molecule has 2 N–H and O–H groups in total. The lowest BCUT2D eigenvalue weighted by molar-refractivity contribution is 0.520. The zero-order chi connectivity index (χ0) is 9.42. The Morgan fingerprint density at radius 3 is 2.85 bits per heavy atom. The summed E-state index contributed by atoms with van der Waals surface area (Å²) in [5.41, 5.74) is 7.08. The Hall–Kier alpha value is -0.960. The maximum atomic E-state index is 13.2. The first-order valence-corrected chi connectivity index (χ1v) is 4.39. The topological polar surface area (TPSA) is 26.0 Å². The van der Waals surface area contributed by atoms with Crippen LogP contribution in [-0.4, -0.2) is 6.04 Å². The molecule has 0 saturated heterocycles. The van der Waals surface area contributed by atoms with Crippen molar-refractivity contribution in [2.45, 2.75) is 25.3 Å². The van der Waals surface area contributed by atoms with Crippen LogP contribution in [0.1, 0.15) is 17.5 Å². The third kappa shape index (κ3) is 1.56. The summed E-state index contributed by atoms with van der Waals surface area (Å²) in [7, 11) is 0. The van der Waals surface area contributed by atoms with E-state index in [0.717, 1.165) is 18.1 Å². The molecule has 1 aliphatic carbocycles. The van der Waals surface area contributed by atoms with Gasteiger partial charge in [0.2, 0.25) is 0 Å². The molecule has 0 amide bonds. The van der Waals surface area contributed by atoms with Crippen LogP contribution in [0.3, 0.4) is 0 Å². The molecule has 0 radical (unpaired) electrons. The van der Waals surface area contributed by atoms with Gasteiger partial charge in [-0.05, 0) is 36.5 Å². The number of benzene rings is 1. The van der Waals surface area contributed by atoms with E-state index in [1.165, 1.54) is 6.07 Å². The van der Waals surface area contributed by atoms with Crippen molar-refractivity contribution in [3.63, 3.8) is 0 Å². The molecule has 0 bridgehead atoms. The number of halogens is 2. The summed E-state index contributed by atoms with van der Waals surface area (Å²) in [4.78, 5) is 0. The van der Waals surface area contributed by atoms with Crippen LogP contribution >= 0.6 is 0 Å². The van der Waals surface area contributed by atoms with E-state index in [2.05, 4.69) is 0 Å². The Kier molecular flexibility index (Phi) is 2.04. The van der Waals surface area contributed by atoms with Crippen molar-refractivity contribution in [2.24, 2.45) is 5.73 Å². The highest BCUT2D eigenvalue weighted by molar-refractivity contribution is 5.32. The van der Waals surface area contributed by atoms with Gasteiger partial charge in [-0.15, -0.1) is 0 Å². The molecule has 0 aliphatic heterocycles. The average Bonchev–Trinajstić information content (AvgIpc) is 2.02. The van der Waals surface area contributed by atoms with E-state index in [4.69, 9.17) is 5.73 Å². The summed E-state index contributed by atoms with van der Waals surface area (Å²) in [6.45, 7) is 0. The number of nitrogens with two attached hydrogens (primary N) is 1. The first-order valence-electron chi connectivity index (χ1n) is 4.39. The Bertz CT molecular complexity index is 336. The average molecular weight is 183 g/mol. The highest BCUT2D eigenvalue weighted by Crippen LogP contribution is 2.24. The summed E-state index contributed by atoms with van der Waals surface area (Å²) in [5, 5.41) is 0. The number of rotatable bonds is 0. The fraction of sp³-hybridized carbons (Fsp3) is 0.400. The van der Waals surface area contributed by atoms with Crippen LogP contribution in [0, 0.1) is 11.6 Å². The lowest BCUT2D eigenvalue weighted by atomic mass is 9.88. The summed E-state index contributed by atoms with van der Waals surface area (Å²) >= 11 is 0. The van der Waals surface area contributed by atoms with E-state index in [-0.39, 0.29) is 6.04 Å². The Morgan fingerprint density at radius 2 is 2.08 bits per heavy atom. The summed E-state index contributed by atoms with van der Waals surface area (Å²) in [5.74, 6) is -0.938. The Labute approximate surface area is 75.6 Å². The zero-order valence-corrected chi connectivity index (χ0v) is 7.19. The fourth-order valence-corrected chi connectivity index (χ4v) is 1.83. The van der Waals surface area contributed by atoms with Crippen molar-refractivity contribution in [3.8, 4) is 0 Å². The maximum absolute atomic E-state index is 13.2. The standard InChI is InChI=1S/C10H11F2N/c11-7-3-6-4-8(13)1-2-9(6)10(12)5-7/h3,5,8H,1-2,4,13H2/t8-/m1/s1. The molecule has 0 spiro atoms. The predicted molar refractivity (Wildman–Crippen MR) is 46.4 cm³/mol. The van der Waals surface area contributed by atoms with Gasteiger partial charge in [0.1, 0.15) is 11.6 Å². The molecule has 0 fully saturated rings. The van der Waals surface area contributed by atoms with Gasteiger partial charge in [0.25, 0.3) is 0 Å². The third-order valence-corrected chi connectivity index (χ3v) is 2.50. The van der Waals surface area contributed by atoms with E-state index in [1.54, 1.807) is 0 Å². The highest BCUT2D eigenvalue weighted by Gasteiger charge is 2.19. The van der Waals surface area contributed by atoms with Crippen LogP contribution in [-0.2, 0) is 12.8 Å². The van der Waals surface area contributed by atoms with Crippen LogP contribution in [0.25, 0.3) is 0 Å². The molecule has 0 heterocycles. The molecule has 3 heteroatoms.